The fourth-order valence-electron chi connectivity index (χ4n) is 1.08. The Morgan fingerprint density at radius 2 is 2.29 bits per heavy atom. The van der Waals surface area contributed by atoms with Gasteiger partial charge >= 0.3 is 0 Å². The van der Waals surface area contributed by atoms with Gasteiger partial charge in [-0.05, 0) is 6.54 Å². The predicted octanol–water partition coefficient (Wildman–Crippen LogP) is 2.38. The predicted molar refractivity (Wildman–Crippen MR) is 60.6 cm³/mol. The second-order valence-electron chi connectivity index (χ2n) is 2.78. The van der Waals surface area contributed by atoms with Crippen LogP contribution in [0, 0.1) is 0 Å². The Hall–Kier alpha value is -0.780. The standard InChI is InChI=1S/C9H11N3S2/c1-2-10-3-9-12-8(5-14-9)7-4-13-6-11-7/h4-6,10H,2-3H2,1H3. The molecule has 0 bridgehead atoms. The lowest BCUT2D eigenvalue weighted by atomic mass is 10.4. The number of aromatic nitrogens is 2. The van der Waals surface area contributed by atoms with Crippen LogP contribution < -0.4 is 5.32 Å². The minimum absolute atomic E-state index is 0.852. The number of hydrogen-bond acceptors (Lipinski definition) is 5. The van der Waals surface area contributed by atoms with Crippen LogP contribution in [-0.4, -0.2) is 16.5 Å². The van der Waals surface area contributed by atoms with Crippen molar-refractivity contribution in [1.82, 2.24) is 15.3 Å². The number of thiazole rings is 2. The topological polar surface area (TPSA) is 37.8 Å². The van der Waals surface area contributed by atoms with E-state index in [2.05, 4.69) is 27.6 Å². The van der Waals surface area contributed by atoms with Crippen molar-refractivity contribution in [1.29, 1.82) is 0 Å². The summed E-state index contributed by atoms with van der Waals surface area (Å²) in [5.41, 5.74) is 3.80. The normalized spacial score (nSPS) is 10.6. The fourth-order valence-corrected chi connectivity index (χ4v) is 2.38. The van der Waals surface area contributed by atoms with Crippen molar-refractivity contribution in [2.45, 2.75) is 13.5 Å². The van der Waals surface area contributed by atoms with E-state index in [0.717, 1.165) is 29.5 Å². The van der Waals surface area contributed by atoms with Crippen molar-refractivity contribution in [2.24, 2.45) is 0 Å². The lowest BCUT2D eigenvalue weighted by Crippen LogP contribution is -2.11. The van der Waals surface area contributed by atoms with Gasteiger partial charge in [-0.15, -0.1) is 22.7 Å². The molecule has 2 rings (SSSR count). The number of nitrogens with one attached hydrogen (secondary N) is 1. The highest BCUT2D eigenvalue weighted by Gasteiger charge is 2.04. The summed E-state index contributed by atoms with van der Waals surface area (Å²) in [4.78, 5) is 8.71. The monoisotopic (exact) mass is 225 g/mol. The highest BCUT2D eigenvalue weighted by Crippen LogP contribution is 2.21. The van der Waals surface area contributed by atoms with E-state index >= 15 is 0 Å². The molecule has 74 valence electrons. The van der Waals surface area contributed by atoms with Gasteiger partial charge in [0.15, 0.2) is 0 Å². The van der Waals surface area contributed by atoms with Crippen molar-refractivity contribution in [3.8, 4) is 11.4 Å². The van der Waals surface area contributed by atoms with Gasteiger partial charge in [-0.2, -0.15) is 0 Å². The average molecular weight is 225 g/mol. The lowest BCUT2D eigenvalue weighted by molar-refractivity contribution is 0.723. The van der Waals surface area contributed by atoms with Gasteiger partial charge < -0.3 is 5.32 Å². The molecule has 3 nitrogen and oxygen atoms in total. The van der Waals surface area contributed by atoms with Gasteiger partial charge in [0.25, 0.3) is 0 Å². The summed E-state index contributed by atoms with van der Waals surface area (Å²) in [6, 6.07) is 0. The molecular weight excluding hydrogens is 214 g/mol. The van der Waals surface area contributed by atoms with Crippen molar-refractivity contribution in [2.75, 3.05) is 6.54 Å². The van der Waals surface area contributed by atoms with Crippen LogP contribution in [0.3, 0.4) is 0 Å². The average Bonchev–Trinajstić information content (AvgIpc) is 2.85. The van der Waals surface area contributed by atoms with Gasteiger partial charge in [-0.25, -0.2) is 9.97 Å². The Labute approximate surface area is 90.9 Å². The molecule has 0 aliphatic carbocycles. The molecule has 2 heterocycles. The Bertz CT molecular complexity index is 380. The van der Waals surface area contributed by atoms with Crippen molar-refractivity contribution in [3.63, 3.8) is 0 Å². The molecule has 0 saturated carbocycles. The number of nitrogens with zero attached hydrogens (tertiary/aromatic N) is 2. The van der Waals surface area contributed by atoms with Crippen molar-refractivity contribution >= 4 is 22.7 Å². The third-order valence-electron chi connectivity index (χ3n) is 1.77. The highest BCUT2D eigenvalue weighted by molar-refractivity contribution is 7.10. The summed E-state index contributed by atoms with van der Waals surface area (Å²) in [7, 11) is 0. The quantitative estimate of drug-likeness (QED) is 0.868. The van der Waals surface area contributed by atoms with Gasteiger partial charge in [-0.3, -0.25) is 0 Å². The SMILES string of the molecule is CCNCc1nc(-c2cscn2)cs1. The molecule has 0 atom stereocenters. The molecule has 0 aromatic carbocycles. The Morgan fingerprint density at radius 3 is 3.00 bits per heavy atom. The zero-order chi connectivity index (χ0) is 9.80. The van der Waals surface area contributed by atoms with E-state index in [1.54, 1.807) is 22.7 Å². The maximum absolute atomic E-state index is 4.49. The van der Waals surface area contributed by atoms with Crippen LogP contribution in [-0.2, 0) is 6.54 Å². The molecule has 0 radical (unpaired) electrons. The van der Waals surface area contributed by atoms with Gasteiger partial charge in [0.2, 0.25) is 0 Å². The van der Waals surface area contributed by atoms with E-state index in [4.69, 9.17) is 0 Å². The Balaban J connectivity index is 2.10. The van der Waals surface area contributed by atoms with Gasteiger partial charge in [0.1, 0.15) is 16.4 Å². The molecule has 0 saturated heterocycles. The molecule has 0 aliphatic rings. The van der Waals surface area contributed by atoms with E-state index in [0.29, 0.717) is 0 Å². The molecular formula is C9H11N3S2. The van der Waals surface area contributed by atoms with E-state index < -0.39 is 0 Å². The molecule has 5 heteroatoms. The van der Waals surface area contributed by atoms with E-state index in [1.165, 1.54) is 0 Å². The second-order valence-corrected chi connectivity index (χ2v) is 4.44. The molecule has 0 fully saturated rings. The Kier molecular flexibility index (Phi) is 3.23. The Morgan fingerprint density at radius 1 is 1.36 bits per heavy atom. The first kappa shape index (κ1) is 9.76. The maximum Gasteiger partial charge on any atom is 0.107 e. The molecule has 0 unspecified atom stereocenters. The molecule has 2 aromatic heterocycles. The molecule has 0 amide bonds. The van der Waals surface area contributed by atoms with Gasteiger partial charge in [0.05, 0.1) is 5.51 Å². The van der Waals surface area contributed by atoms with Crippen LogP contribution in [0.2, 0.25) is 0 Å². The van der Waals surface area contributed by atoms with E-state index in [-0.39, 0.29) is 0 Å². The highest BCUT2D eigenvalue weighted by atomic mass is 32.1. The third-order valence-corrected chi connectivity index (χ3v) is 3.21. The summed E-state index contributed by atoms with van der Waals surface area (Å²) >= 11 is 3.28. The summed E-state index contributed by atoms with van der Waals surface area (Å²) in [5.74, 6) is 0. The summed E-state index contributed by atoms with van der Waals surface area (Å²) < 4.78 is 0. The smallest absolute Gasteiger partial charge is 0.107 e. The fraction of sp³-hybridized carbons (Fsp3) is 0.333. The lowest BCUT2D eigenvalue weighted by Gasteiger charge is -1.94. The van der Waals surface area contributed by atoms with Crippen LogP contribution in [0.15, 0.2) is 16.3 Å². The first-order valence-electron chi connectivity index (χ1n) is 4.44. The van der Waals surface area contributed by atoms with Gasteiger partial charge in [-0.1, -0.05) is 6.92 Å². The van der Waals surface area contributed by atoms with Crippen LogP contribution in [0.1, 0.15) is 11.9 Å². The zero-order valence-electron chi connectivity index (χ0n) is 7.86. The summed E-state index contributed by atoms with van der Waals surface area (Å²) in [5, 5.41) is 8.45. The molecule has 2 aromatic rings. The zero-order valence-corrected chi connectivity index (χ0v) is 9.49. The largest absolute Gasteiger partial charge is 0.311 e. The first-order valence-corrected chi connectivity index (χ1v) is 6.26. The molecule has 0 spiro atoms. The summed E-state index contributed by atoms with van der Waals surface area (Å²) in [6.07, 6.45) is 0. The van der Waals surface area contributed by atoms with Crippen LogP contribution in [0.4, 0.5) is 0 Å². The van der Waals surface area contributed by atoms with Crippen molar-refractivity contribution < 1.29 is 0 Å². The molecule has 1 N–H and O–H groups in total. The van der Waals surface area contributed by atoms with Crippen LogP contribution >= 0.6 is 22.7 Å². The van der Waals surface area contributed by atoms with E-state index in [1.807, 2.05) is 10.9 Å². The summed E-state index contributed by atoms with van der Waals surface area (Å²) in [6.45, 7) is 3.92. The van der Waals surface area contributed by atoms with Crippen LogP contribution in [0.5, 0.6) is 0 Å². The number of rotatable bonds is 4. The van der Waals surface area contributed by atoms with E-state index in [9.17, 15) is 0 Å². The minimum Gasteiger partial charge on any atom is -0.311 e. The first-order chi connectivity index (χ1) is 6.90. The second kappa shape index (κ2) is 4.63. The molecule has 14 heavy (non-hydrogen) atoms. The van der Waals surface area contributed by atoms with Crippen molar-refractivity contribution in [3.05, 3.63) is 21.3 Å². The maximum atomic E-state index is 4.49. The third kappa shape index (κ3) is 2.17. The number of hydrogen-bond donors (Lipinski definition) is 1. The van der Waals surface area contributed by atoms with Crippen LogP contribution in [0.25, 0.3) is 11.4 Å². The van der Waals surface area contributed by atoms with Gasteiger partial charge in [0, 0.05) is 17.3 Å². The minimum atomic E-state index is 0.852. The molecule has 0 aliphatic heterocycles.